The van der Waals surface area contributed by atoms with Gasteiger partial charge in [-0.15, -0.1) is 0 Å². The second kappa shape index (κ2) is 3.29. The summed E-state index contributed by atoms with van der Waals surface area (Å²) in [7, 11) is 0. The fourth-order valence-electron chi connectivity index (χ4n) is 0.824. The number of carbonyl (C=O) groups excluding carboxylic acids is 1. The summed E-state index contributed by atoms with van der Waals surface area (Å²) in [6.07, 6.45) is 0.940. The topological polar surface area (TPSA) is 17.1 Å². The van der Waals surface area contributed by atoms with Crippen molar-refractivity contribution in [2.45, 2.75) is 6.92 Å². The molecule has 0 amide bonds. The fraction of sp³-hybridized carbons (Fsp3) is 0.125. The average Bonchev–Trinajstić information content (AvgIpc) is 1.94. The van der Waals surface area contributed by atoms with Gasteiger partial charge in [-0.2, -0.15) is 0 Å². The Balaban J connectivity index is 3.21. The number of benzene rings is 1. The van der Waals surface area contributed by atoms with Crippen molar-refractivity contribution >= 4 is 9.36 Å². The van der Waals surface area contributed by atoms with E-state index < -0.39 is 0 Å². The van der Waals surface area contributed by atoms with Gasteiger partial charge in [0.2, 0.25) is 0 Å². The standard InChI is InChI=1S/C8H7O.Hg/c1-7-3-2-4-8(5-7)6-9;/h2-3,5-6H,1H3;. The third-order valence-corrected chi connectivity index (χ3v) is 3.93. The molecule has 0 atom stereocenters. The molecule has 0 unspecified atom stereocenters. The third-order valence-electron chi connectivity index (χ3n) is 1.43. The first kappa shape index (κ1) is 7.93. The molecule has 47 valence electrons. The van der Waals surface area contributed by atoms with Gasteiger partial charge >= 0.3 is 76.5 Å². The minimum atomic E-state index is 0.559. The molecule has 1 aromatic carbocycles. The van der Waals surface area contributed by atoms with Gasteiger partial charge in [0, 0.05) is 0 Å². The van der Waals surface area contributed by atoms with Gasteiger partial charge in [0.1, 0.15) is 0 Å². The van der Waals surface area contributed by atoms with Gasteiger partial charge < -0.3 is 0 Å². The molecule has 1 rings (SSSR count). The van der Waals surface area contributed by atoms with Crippen LogP contribution in [-0.4, -0.2) is 6.29 Å². The van der Waals surface area contributed by atoms with Gasteiger partial charge in [-0.25, -0.2) is 0 Å². The van der Waals surface area contributed by atoms with Crippen molar-refractivity contribution in [3.05, 3.63) is 29.3 Å². The van der Waals surface area contributed by atoms with E-state index in [1.807, 2.05) is 19.1 Å². The molecule has 0 bridgehead atoms. The molecular formula is C8H7HgO. The van der Waals surface area contributed by atoms with Crippen molar-refractivity contribution in [3.63, 3.8) is 0 Å². The van der Waals surface area contributed by atoms with Crippen LogP contribution in [0.5, 0.6) is 0 Å². The summed E-state index contributed by atoms with van der Waals surface area (Å²) in [6.45, 7) is 2.00. The van der Waals surface area contributed by atoms with E-state index in [-0.39, 0.29) is 0 Å². The predicted molar refractivity (Wildman–Crippen MR) is 36.2 cm³/mol. The second-order valence-electron chi connectivity index (χ2n) is 2.32. The quantitative estimate of drug-likeness (QED) is 0.557. The molecule has 1 nitrogen and oxygen atoms in total. The Hall–Kier alpha value is -0.175. The SMILES string of the molecule is Cc1cc[c]([Hg])c(C=O)c1. The van der Waals surface area contributed by atoms with Crippen LogP contribution < -0.4 is 3.07 Å². The van der Waals surface area contributed by atoms with Gasteiger partial charge in [0.15, 0.2) is 0 Å². The van der Waals surface area contributed by atoms with Crippen LogP contribution >= 0.6 is 0 Å². The predicted octanol–water partition coefficient (Wildman–Crippen LogP) is 0.980. The number of aryl methyl sites for hydroxylation is 1. The van der Waals surface area contributed by atoms with Crippen molar-refractivity contribution in [2.75, 3.05) is 0 Å². The molecule has 0 fully saturated rings. The van der Waals surface area contributed by atoms with Gasteiger partial charge in [-0.1, -0.05) is 0 Å². The number of hydrogen-bond donors (Lipinski definition) is 0. The first-order chi connectivity index (χ1) is 4.74. The van der Waals surface area contributed by atoms with E-state index in [1.165, 1.54) is 3.07 Å². The Morgan fingerprint density at radius 1 is 1.50 bits per heavy atom. The summed E-state index contributed by atoms with van der Waals surface area (Å²) in [6, 6.07) is 6.03. The number of hydrogen-bond acceptors (Lipinski definition) is 1. The van der Waals surface area contributed by atoms with E-state index in [2.05, 4.69) is 6.07 Å². The van der Waals surface area contributed by atoms with Crippen LogP contribution in [0.3, 0.4) is 0 Å². The molecule has 0 heterocycles. The van der Waals surface area contributed by atoms with Crippen LogP contribution in [0.25, 0.3) is 0 Å². The molecule has 0 radical (unpaired) electrons. The van der Waals surface area contributed by atoms with Gasteiger partial charge in [0.25, 0.3) is 0 Å². The summed E-state index contributed by atoms with van der Waals surface area (Å²) in [5.74, 6) is 0. The average molecular weight is 320 g/mol. The summed E-state index contributed by atoms with van der Waals surface area (Å²) >= 11 is 0.559. The molecule has 0 aromatic heterocycles. The molecule has 0 spiro atoms. The molecule has 0 aliphatic carbocycles. The Morgan fingerprint density at radius 2 is 2.20 bits per heavy atom. The second-order valence-corrected chi connectivity index (χ2v) is 5.28. The Kier molecular flexibility index (Phi) is 2.60. The normalized spacial score (nSPS) is 9.50. The van der Waals surface area contributed by atoms with Gasteiger partial charge in [-0.3, -0.25) is 0 Å². The van der Waals surface area contributed by atoms with Crippen LogP contribution in [-0.2, 0) is 26.1 Å². The van der Waals surface area contributed by atoms with Crippen molar-refractivity contribution in [1.29, 1.82) is 0 Å². The Morgan fingerprint density at radius 3 is 2.70 bits per heavy atom. The molecule has 0 aliphatic rings. The number of aldehydes is 1. The van der Waals surface area contributed by atoms with E-state index >= 15 is 0 Å². The first-order valence-corrected chi connectivity index (χ1v) is 5.86. The third kappa shape index (κ3) is 1.66. The zero-order valence-corrected chi connectivity index (χ0v) is 11.4. The van der Waals surface area contributed by atoms with E-state index in [0.717, 1.165) is 17.4 Å². The molecule has 0 saturated carbocycles. The molecule has 2 heteroatoms. The van der Waals surface area contributed by atoms with E-state index in [9.17, 15) is 4.79 Å². The van der Waals surface area contributed by atoms with Crippen molar-refractivity contribution in [3.8, 4) is 0 Å². The fourth-order valence-corrected chi connectivity index (χ4v) is 2.00. The summed E-state index contributed by atoms with van der Waals surface area (Å²) in [5.41, 5.74) is 2.04. The van der Waals surface area contributed by atoms with E-state index in [1.54, 1.807) is 0 Å². The van der Waals surface area contributed by atoms with Crippen molar-refractivity contribution < 1.29 is 30.9 Å². The monoisotopic (exact) mass is 321 g/mol. The van der Waals surface area contributed by atoms with E-state index in [4.69, 9.17) is 0 Å². The van der Waals surface area contributed by atoms with Crippen LogP contribution in [0.2, 0.25) is 0 Å². The van der Waals surface area contributed by atoms with Gasteiger partial charge in [-0.05, 0) is 0 Å². The van der Waals surface area contributed by atoms with Crippen LogP contribution in [0, 0.1) is 6.92 Å². The summed E-state index contributed by atoms with van der Waals surface area (Å²) in [4.78, 5) is 10.4. The minimum absolute atomic E-state index is 0.559. The zero-order chi connectivity index (χ0) is 7.56. The van der Waals surface area contributed by atoms with Crippen molar-refractivity contribution in [1.82, 2.24) is 0 Å². The maximum atomic E-state index is 10.4. The zero-order valence-electron chi connectivity index (χ0n) is 5.92. The van der Waals surface area contributed by atoms with Crippen molar-refractivity contribution in [2.24, 2.45) is 0 Å². The van der Waals surface area contributed by atoms with Crippen LogP contribution in [0.1, 0.15) is 15.9 Å². The van der Waals surface area contributed by atoms with Crippen LogP contribution in [0.4, 0.5) is 0 Å². The molecular weight excluding hydrogens is 313 g/mol. The molecule has 1 aromatic rings. The maximum absolute atomic E-state index is 10.4. The van der Waals surface area contributed by atoms with Gasteiger partial charge in [0.05, 0.1) is 0 Å². The molecule has 10 heavy (non-hydrogen) atoms. The Labute approximate surface area is 76.4 Å². The summed E-state index contributed by atoms with van der Waals surface area (Å²) < 4.78 is 1.24. The molecule has 0 saturated heterocycles. The van der Waals surface area contributed by atoms with E-state index in [0.29, 0.717) is 26.1 Å². The molecule has 0 aliphatic heterocycles. The summed E-state index contributed by atoms with van der Waals surface area (Å²) in [5, 5.41) is 0. The number of carbonyl (C=O) groups is 1. The Bertz CT molecular complexity index is 255. The molecule has 0 N–H and O–H groups in total. The number of rotatable bonds is 1. The van der Waals surface area contributed by atoms with Crippen LogP contribution in [0.15, 0.2) is 18.2 Å². The first-order valence-electron chi connectivity index (χ1n) is 3.12.